The van der Waals surface area contributed by atoms with Crippen molar-refractivity contribution in [3.63, 3.8) is 0 Å². The molecule has 150 valence electrons. The lowest BCUT2D eigenvalue weighted by molar-refractivity contribution is -0.124. The third-order valence-electron chi connectivity index (χ3n) is 4.10. The van der Waals surface area contributed by atoms with Crippen LogP contribution in [0, 0.1) is 13.8 Å². The number of carbonyl (C=O) groups is 3. The summed E-state index contributed by atoms with van der Waals surface area (Å²) in [5.74, 6) is -0.627. The van der Waals surface area contributed by atoms with Gasteiger partial charge in [0.05, 0.1) is 19.6 Å². The Morgan fingerprint density at radius 1 is 1.07 bits per heavy atom. The van der Waals surface area contributed by atoms with Crippen LogP contribution < -0.4 is 16.0 Å². The summed E-state index contributed by atoms with van der Waals surface area (Å²) in [6, 6.07) is 8.92. The zero-order chi connectivity index (χ0) is 20.5. The van der Waals surface area contributed by atoms with Gasteiger partial charge < -0.3 is 10.6 Å². The number of hydrogen-bond acceptors (Lipinski definition) is 5. The molecule has 0 saturated carbocycles. The molecule has 0 aliphatic carbocycles. The van der Waals surface area contributed by atoms with Crippen LogP contribution in [0.15, 0.2) is 35.7 Å². The smallest absolute Gasteiger partial charge is 0.325 e. The fourth-order valence-electron chi connectivity index (χ4n) is 2.61. The predicted molar refractivity (Wildman–Crippen MR) is 111 cm³/mol. The van der Waals surface area contributed by atoms with Crippen LogP contribution in [0.3, 0.4) is 0 Å². The maximum absolute atomic E-state index is 12.1. The molecule has 28 heavy (non-hydrogen) atoms. The van der Waals surface area contributed by atoms with Crippen LogP contribution in [0.25, 0.3) is 0 Å². The lowest BCUT2D eigenvalue weighted by Crippen LogP contribution is -2.45. The van der Waals surface area contributed by atoms with Gasteiger partial charge in [0, 0.05) is 10.6 Å². The SMILES string of the molecule is CCN(CC(=O)NCc1cccs1)CC(=O)NC(=O)Nc1ccc(C)cc1C. The molecule has 0 saturated heterocycles. The number of urea groups is 1. The quantitative estimate of drug-likeness (QED) is 0.633. The molecule has 1 aromatic heterocycles. The molecule has 7 nitrogen and oxygen atoms in total. The highest BCUT2D eigenvalue weighted by molar-refractivity contribution is 7.09. The second kappa shape index (κ2) is 10.6. The molecule has 0 aliphatic heterocycles. The van der Waals surface area contributed by atoms with E-state index in [1.54, 1.807) is 22.3 Å². The summed E-state index contributed by atoms with van der Waals surface area (Å²) in [6.45, 7) is 6.75. The van der Waals surface area contributed by atoms with Crippen molar-refractivity contribution in [3.05, 3.63) is 51.7 Å². The van der Waals surface area contributed by atoms with Crippen molar-refractivity contribution in [2.45, 2.75) is 27.3 Å². The number of rotatable bonds is 8. The molecular weight excluding hydrogens is 376 g/mol. The fraction of sp³-hybridized carbons (Fsp3) is 0.350. The van der Waals surface area contributed by atoms with E-state index in [2.05, 4.69) is 16.0 Å². The lowest BCUT2D eigenvalue weighted by atomic mass is 10.1. The number of nitrogens with zero attached hydrogens (tertiary/aromatic N) is 1. The van der Waals surface area contributed by atoms with E-state index in [-0.39, 0.29) is 19.0 Å². The Kier molecular flexibility index (Phi) is 8.16. The first-order valence-corrected chi connectivity index (χ1v) is 9.95. The van der Waals surface area contributed by atoms with E-state index >= 15 is 0 Å². The molecule has 0 atom stereocenters. The van der Waals surface area contributed by atoms with Crippen LogP contribution in [-0.4, -0.2) is 42.4 Å². The van der Waals surface area contributed by atoms with Crippen molar-refractivity contribution in [1.82, 2.24) is 15.5 Å². The number of likely N-dealkylation sites (N-methyl/N-ethyl adjacent to an activating group) is 1. The number of benzene rings is 1. The summed E-state index contributed by atoms with van der Waals surface area (Å²) in [5.41, 5.74) is 2.66. The van der Waals surface area contributed by atoms with Gasteiger partial charge in [0.15, 0.2) is 0 Å². The Hall–Kier alpha value is -2.71. The largest absolute Gasteiger partial charge is 0.350 e. The lowest BCUT2D eigenvalue weighted by Gasteiger charge is -2.19. The summed E-state index contributed by atoms with van der Waals surface area (Å²) in [6.07, 6.45) is 0. The summed E-state index contributed by atoms with van der Waals surface area (Å²) in [4.78, 5) is 39.0. The summed E-state index contributed by atoms with van der Waals surface area (Å²) in [7, 11) is 0. The number of amides is 4. The number of aryl methyl sites for hydroxylation is 2. The zero-order valence-electron chi connectivity index (χ0n) is 16.4. The molecular formula is C20H26N4O3S. The van der Waals surface area contributed by atoms with E-state index in [0.717, 1.165) is 16.0 Å². The maximum Gasteiger partial charge on any atom is 0.325 e. The standard InChI is InChI=1S/C20H26N4O3S/c1-4-24(12-18(25)21-11-16-6-5-9-28-16)13-19(26)23-20(27)22-17-8-7-14(2)10-15(17)3/h5-10H,4,11-13H2,1-3H3,(H,21,25)(H2,22,23,26,27). The van der Waals surface area contributed by atoms with Crippen molar-refractivity contribution < 1.29 is 14.4 Å². The maximum atomic E-state index is 12.1. The molecule has 1 aromatic carbocycles. The highest BCUT2D eigenvalue weighted by atomic mass is 32.1. The van der Waals surface area contributed by atoms with E-state index < -0.39 is 11.9 Å². The van der Waals surface area contributed by atoms with Crippen molar-refractivity contribution >= 4 is 34.9 Å². The molecule has 0 radical (unpaired) electrons. The average Bonchev–Trinajstić information content (AvgIpc) is 3.15. The summed E-state index contributed by atoms with van der Waals surface area (Å²) >= 11 is 1.57. The topological polar surface area (TPSA) is 90.5 Å². The van der Waals surface area contributed by atoms with Gasteiger partial charge in [-0.3, -0.25) is 19.8 Å². The molecule has 3 N–H and O–H groups in total. The fourth-order valence-corrected chi connectivity index (χ4v) is 3.26. The molecule has 0 bridgehead atoms. The van der Waals surface area contributed by atoms with Gasteiger partial charge in [-0.2, -0.15) is 0 Å². The first kappa shape index (κ1) is 21.6. The van der Waals surface area contributed by atoms with Gasteiger partial charge >= 0.3 is 6.03 Å². The monoisotopic (exact) mass is 402 g/mol. The van der Waals surface area contributed by atoms with Gasteiger partial charge in [0.2, 0.25) is 11.8 Å². The molecule has 2 aromatic rings. The van der Waals surface area contributed by atoms with Crippen LogP contribution in [-0.2, 0) is 16.1 Å². The van der Waals surface area contributed by atoms with Gasteiger partial charge in [-0.15, -0.1) is 11.3 Å². The van der Waals surface area contributed by atoms with Crippen molar-refractivity contribution in [1.29, 1.82) is 0 Å². The van der Waals surface area contributed by atoms with Gasteiger partial charge in [0.25, 0.3) is 0 Å². The van der Waals surface area contributed by atoms with Crippen LogP contribution >= 0.6 is 11.3 Å². The van der Waals surface area contributed by atoms with Gasteiger partial charge in [-0.1, -0.05) is 30.7 Å². The Morgan fingerprint density at radius 3 is 2.46 bits per heavy atom. The summed E-state index contributed by atoms with van der Waals surface area (Å²) in [5, 5.41) is 9.75. The van der Waals surface area contributed by atoms with E-state index in [1.807, 2.05) is 50.4 Å². The Labute approximate surface area is 169 Å². The molecule has 2 rings (SSSR count). The molecule has 4 amide bonds. The Morgan fingerprint density at radius 2 is 1.82 bits per heavy atom. The first-order valence-electron chi connectivity index (χ1n) is 9.07. The number of hydrogen-bond donors (Lipinski definition) is 3. The van der Waals surface area contributed by atoms with Gasteiger partial charge in [-0.25, -0.2) is 4.79 Å². The van der Waals surface area contributed by atoms with Gasteiger partial charge in [0.1, 0.15) is 0 Å². The van der Waals surface area contributed by atoms with Crippen LogP contribution in [0.4, 0.5) is 10.5 Å². The number of anilines is 1. The normalized spacial score (nSPS) is 10.6. The minimum absolute atomic E-state index is 0.0385. The number of carbonyl (C=O) groups excluding carboxylic acids is 3. The molecule has 1 heterocycles. The first-order chi connectivity index (χ1) is 13.4. The minimum Gasteiger partial charge on any atom is -0.350 e. The average molecular weight is 403 g/mol. The number of imide groups is 1. The summed E-state index contributed by atoms with van der Waals surface area (Å²) < 4.78 is 0. The second-order valence-electron chi connectivity index (χ2n) is 6.48. The van der Waals surface area contributed by atoms with Gasteiger partial charge in [-0.05, 0) is 43.5 Å². The van der Waals surface area contributed by atoms with Crippen LogP contribution in [0.1, 0.15) is 22.9 Å². The van der Waals surface area contributed by atoms with E-state index in [1.165, 1.54) is 0 Å². The van der Waals surface area contributed by atoms with Crippen molar-refractivity contribution in [2.75, 3.05) is 25.0 Å². The van der Waals surface area contributed by atoms with E-state index in [9.17, 15) is 14.4 Å². The van der Waals surface area contributed by atoms with Crippen molar-refractivity contribution in [2.24, 2.45) is 0 Å². The predicted octanol–water partition coefficient (Wildman–Crippen LogP) is 2.65. The number of nitrogens with one attached hydrogen (secondary N) is 3. The molecule has 0 unspecified atom stereocenters. The molecule has 0 spiro atoms. The van der Waals surface area contributed by atoms with E-state index in [4.69, 9.17) is 0 Å². The second-order valence-corrected chi connectivity index (χ2v) is 7.51. The highest BCUT2D eigenvalue weighted by Crippen LogP contribution is 2.15. The number of thiophene rings is 1. The van der Waals surface area contributed by atoms with Crippen molar-refractivity contribution in [3.8, 4) is 0 Å². The Balaban J connectivity index is 1.77. The third-order valence-corrected chi connectivity index (χ3v) is 4.98. The highest BCUT2D eigenvalue weighted by Gasteiger charge is 2.15. The third kappa shape index (κ3) is 7.13. The molecule has 8 heteroatoms. The Bertz CT molecular complexity index is 821. The van der Waals surface area contributed by atoms with E-state index in [0.29, 0.717) is 18.8 Å². The van der Waals surface area contributed by atoms with Crippen LogP contribution in [0.5, 0.6) is 0 Å². The molecule has 0 fully saturated rings. The zero-order valence-corrected chi connectivity index (χ0v) is 17.2. The minimum atomic E-state index is -0.588. The van der Waals surface area contributed by atoms with Crippen LogP contribution in [0.2, 0.25) is 0 Å². The molecule has 0 aliphatic rings.